The minimum absolute atomic E-state index is 0.00673. The molecule has 0 N–H and O–H groups in total. The van der Waals surface area contributed by atoms with Gasteiger partial charge in [-0.25, -0.2) is 4.79 Å². The molecule has 0 bridgehead atoms. The third-order valence-electron chi connectivity index (χ3n) is 4.03. The average Bonchev–Trinajstić information content (AvgIpc) is 3.20. The van der Waals surface area contributed by atoms with Gasteiger partial charge in [0.05, 0.1) is 17.5 Å². The van der Waals surface area contributed by atoms with Gasteiger partial charge < -0.3 is 14.3 Å². The summed E-state index contributed by atoms with van der Waals surface area (Å²) < 4.78 is 10.7. The minimum atomic E-state index is -0.675. The number of ether oxygens (including phenoxy) is 2. The molecule has 2 aliphatic heterocycles. The predicted molar refractivity (Wildman–Crippen MR) is 83.9 cm³/mol. The van der Waals surface area contributed by atoms with Gasteiger partial charge in [0.1, 0.15) is 0 Å². The number of amides is 2. The number of aryl methyl sites for hydroxylation is 1. The molecule has 0 saturated carbocycles. The molecule has 0 aromatic heterocycles. The Morgan fingerprint density at radius 3 is 2.44 bits per heavy atom. The summed E-state index contributed by atoms with van der Waals surface area (Å²) in [5, 5.41) is 0.516. The second-order valence-electron chi connectivity index (χ2n) is 5.56. The van der Waals surface area contributed by atoms with Crippen LogP contribution in [0.3, 0.4) is 0 Å². The molecule has 7 heteroatoms. The van der Waals surface area contributed by atoms with Crippen LogP contribution < -0.4 is 9.47 Å². The summed E-state index contributed by atoms with van der Waals surface area (Å²) in [5.41, 5.74) is 1.26. The Bertz CT molecular complexity index is 856. The first-order valence-electron chi connectivity index (χ1n) is 7.71. The Kier molecular flexibility index (Phi) is 3.61. The molecule has 0 aliphatic carbocycles. The van der Waals surface area contributed by atoms with Crippen molar-refractivity contribution in [2.75, 3.05) is 6.79 Å². The van der Waals surface area contributed by atoms with Crippen molar-refractivity contribution < 1.29 is 28.7 Å². The van der Waals surface area contributed by atoms with Gasteiger partial charge in [-0.2, -0.15) is 0 Å². The summed E-state index contributed by atoms with van der Waals surface area (Å²) >= 11 is 0. The summed E-state index contributed by atoms with van der Waals surface area (Å²) in [7, 11) is 0. The highest BCUT2D eigenvalue weighted by atomic mass is 16.7. The number of carbonyl (C=O) groups excluding carboxylic acids is 3. The number of hydrogen-bond donors (Lipinski definition) is 0. The Balaban J connectivity index is 1.42. The first-order valence-corrected chi connectivity index (χ1v) is 7.71. The first kappa shape index (κ1) is 15.2. The van der Waals surface area contributed by atoms with E-state index >= 15 is 0 Å². The molecule has 0 spiro atoms. The van der Waals surface area contributed by atoms with Crippen LogP contribution in [0.1, 0.15) is 32.7 Å². The summed E-state index contributed by atoms with van der Waals surface area (Å²) in [5.74, 6) is -0.703. The molecule has 0 radical (unpaired) electrons. The molecule has 2 aromatic carbocycles. The van der Waals surface area contributed by atoms with Gasteiger partial charge in [-0.15, -0.1) is 0 Å². The lowest BCUT2D eigenvalue weighted by atomic mass is 10.1. The Morgan fingerprint density at radius 2 is 1.72 bits per heavy atom. The van der Waals surface area contributed by atoms with E-state index in [-0.39, 0.29) is 24.3 Å². The van der Waals surface area contributed by atoms with Gasteiger partial charge in [-0.3, -0.25) is 9.59 Å². The molecule has 25 heavy (non-hydrogen) atoms. The van der Waals surface area contributed by atoms with E-state index in [1.807, 2.05) is 6.07 Å². The summed E-state index contributed by atoms with van der Waals surface area (Å²) in [6.07, 6.45) is 0.335. The zero-order valence-corrected chi connectivity index (χ0v) is 13.1. The van der Waals surface area contributed by atoms with E-state index in [2.05, 4.69) is 0 Å². The lowest BCUT2D eigenvalue weighted by Gasteiger charge is -2.13. The van der Waals surface area contributed by atoms with Gasteiger partial charge in [-0.05, 0) is 30.2 Å². The highest BCUT2D eigenvalue weighted by Crippen LogP contribution is 2.36. The first-order chi connectivity index (χ1) is 12.1. The fourth-order valence-corrected chi connectivity index (χ4v) is 2.82. The highest BCUT2D eigenvalue weighted by molar-refractivity contribution is 6.20. The van der Waals surface area contributed by atoms with E-state index < -0.39 is 17.8 Å². The van der Waals surface area contributed by atoms with Crippen LogP contribution in [-0.4, -0.2) is 29.6 Å². The normalized spacial score (nSPS) is 14.6. The van der Waals surface area contributed by atoms with Crippen LogP contribution in [0.5, 0.6) is 11.5 Å². The fourth-order valence-electron chi connectivity index (χ4n) is 2.82. The molecule has 2 heterocycles. The summed E-state index contributed by atoms with van der Waals surface area (Å²) in [6, 6.07) is 11.7. The number of hydroxylamine groups is 2. The van der Waals surface area contributed by atoms with Gasteiger partial charge in [0, 0.05) is 0 Å². The molecule has 0 saturated heterocycles. The SMILES string of the molecule is O=C(CCc1cccc2c1OCO2)ON1C(=O)c2ccccc2C1=O. The minimum Gasteiger partial charge on any atom is -0.454 e. The molecule has 126 valence electrons. The Morgan fingerprint density at radius 1 is 1.00 bits per heavy atom. The number of para-hydroxylation sites is 1. The Labute approximate surface area is 142 Å². The maximum absolute atomic E-state index is 12.2. The van der Waals surface area contributed by atoms with Crippen LogP contribution in [0, 0.1) is 0 Å². The van der Waals surface area contributed by atoms with Crippen LogP contribution in [0.2, 0.25) is 0 Å². The maximum atomic E-state index is 12.2. The van der Waals surface area contributed by atoms with Crippen LogP contribution in [0.4, 0.5) is 0 Å². The van der Waals surface area contributed by atoms with Gasteiger partial charge in [0.25, 0.3) is 11.8 Å². The van der Waals surface area contributed by atoms with Crippen molar-refractivity contribution in [3.8, 4) is 11.5 Å². The zero-order chi connectivity index (χ0) is 17.4. The van der Waals surface area contributed by atoms with E-state index in [1.165, 1.54) is 12.1 Å². The highest BCUT2D eigenvalue weighted by Gasteiger charge is 2.38. The van der Waals surface area contributed by atoms with Crippen molar-refractivity contribution in [3.05, 3.63) is 59.2 Å². The number of rotatable bonds is 4. The lowest BCUT2D eigenvalue weighted by Crippen LogP contribution is -2.32. The molecule has 2 aliphatic rings. The van der Waals surface area contributed by atoms with E-state index in [1.54, 1.807) is 24.3 Å². The van der Waals surface area contributed by atoms with Crippen molar-refractivity contribution in [2.45, 2.75) is 12.8 Å². The maximum Gasteiger partial charge on any atom is 0.333 e. The Hall–Kier alpha value is -3.35. The monoisotopic (exact) mass is 339 g/mol. The lowest BCUT2D eigenvalue weighted by molar-refractivity contribution is -0.168. The molecule has 0 fully saturated rings. The van der Waals surface area contributed by atoms with Crippen molar-refractivity contribution >= 4 is 17.8 Å². The quantitative estimate of drug-likeness (QED) is 0.794. The number of carbonyl (C=O) groups is 3. The van der Waals surface area contributed by atoms with Crippen molar-refractivity contribution in [3.63, 3.8) is 0 Å². The molecular formula is C18H13NO6. The predicted octanol–water partition coefficient (Wildman–Crippen LogP) is 2.10. The molecule has 2 aromatic rings. The van der Waals surface area contributed by atoms with Crippen LogP contribution >= 0.6 is 0 Å². The van der Waals surface area contributed by atoms with Gasteiger partial charge in [0.2, 0.25) is 6.79 Å². The number of imide groups is 1. The smallest absolute Gasteiger partial charge is 0.333 e. The van der Waals surface area contributed by atoms with Crippen LogP contribution in [0.25, 0.3) is 0 Å². The largest absolute Gasteiger partial charge is 0.454 e. The van der Waals surface area contributed by atoms with E-state index in [4.69, 9.17) is 14.3 Å². The topological polar surface area (TPSA) is 82.1 Å². The molecular weight excluding hydrogens is 326 g/mol. The fraction of sp³-hybridized carbons (Fsp3) is 0.167. The zero-order valence-electron chi connectivity index (χ0n) is 13.1. The van der Waals surface area contributed by atoms with Crippen molar-refractivity contribution in [2.24, 2.45) is 0 Å². The second kappa shape index (κ2) is 5.94. The number of nitrogens with zero attached hydrogens (tertiary/aromatic N) is 1. The van der Waals surface area contributed by atoms with Gasteiger partial charge in [-0.1, -0.05) is 29.3 Å². The van der Waals surface area contributed by atoms with Gasteiger partial charge in [0.15, 0.2) is 11.5 Å². The third-order valence-corrected chi connectivity index (χ3v) is 4.03. The van der Waals surface area contributed by atoms with E-state index in [0.29, 0.717) is 23.0 Å². The molecule has 7 nitrogen and oxygen atoms in total. The van der Waals surface area contributed by atoms with Crippen molar-refractivity contribution in [1.29, 1.82) is 0 Å². The number of hydrogen-bond acceptors (Lipinski definition) is 6. The van der Waals surface area contributed by atoms with E-state index in [0.717, 1.165) is 5.56 Å². The summed E-state index contributed by atoms with van der Waals surface area (Å²) in [6.45, 7) is 0.145. The van der Waals surface area contributed by atoms with Crippen LogP contribution in [-0.2, 0) is 16.1 Å². The summed E-state index contributed by atoms with van der Waals surface area (Å²) in [4.78, 5) is 41.4. The number of fused-ring (bicyclic) bond motifs is 2. The van der Waals surface area contributed by atoms with Gasteiger partial charge >= 0.3 is 5.97 Å². The third kappa shape index (κ3) is 2.59. The second-order valence-corrected chi connectivity index (χ2v) is 5.56. The molecule has 4 rings (SSSR count). The van der Waals surface area contributed by atoms with Crippen molar-refractivity contribution in [1.82, 2.24) is 5.06 Å². The molecule has 0 atom stereocenters. The number of benzene rings is 2. The molecule has 0 unspecified atom stereocenters. The average molecular weight is 339 g/mol. The standard InChI is InChI=1S/C18H13NO6/c20-15(9-8-11-4-3-7-14-16(11)24-10-23-14)25-19-17(21)12-5-1-2-6-13(12)18(19)22/h1-7H,8-10H2. The van der Waals surface area contributed by atoms with Crippen LogP contribution in [0.15, 0.2) is 42.5 Å². The molecule has 2 amide bonds. The van der Waals surface area contributed by atoms with E-state index in [9.17, 15) is 14.4 Å².